The molecule has 0 bridgehead atoms. The van der Waals surface area contributed by atoms with E-state index >= 15 is 0 Å². The van der Waals surface area contributed by atoms with Crippen molar-refractivity contribution in [2.75, 3.05) is 19.5 Å². The van der Waals surface area contributed by atoms with Gasteiger partial charge in [-0.1, -0.05) is 41.7 Å². The summed E-state index contributed by atoms with van der Waals surface area (Å²) in [6.07, 6.45) is 1.61. The first-order valence-electron chi connectivity index (χ1n) is 13.7. The number of non-ortho nitro benzene ring substituents is 1. The van der Waals surface area contributed by atoms with Crippen LogP contribution in [0.15, 0.2) is 110 Å². The Morgan fingerprint density at radius 3 is 2.49 bits per heavy atom. The molecule has 3 aromatic carbocycles. The number of rotatable bonds is 8. The number of amides is 1. The summed E-state index contributed by atoms with van der Waals surface area (Å²) in [7, 11) is 2.99. The lowest BCUT2D eigenvalue weighted by Crippen LogP contribution is -2.40. The molecule has 45 heavy (non-hydrogen) atoms. The number of benzene rings is 3. The van der Waals surface area contributed by atoms with E-state index in [9.17, 15) is 19.7 Å². The molecule has 1 aliphatic heterocycles. The number of methoxy groups -OCH3 is 2. The van der Waals surface area contributed by atoms with Gasteiger partial charge in [-0.3, -0.25) is 24.3 Å². The van der Waals surface area contributed by atoms with Gasteiger partial charge in [-0.2, -0.15) is 0 Å². The predicted octanol–water partition coefficient (Wildman–Crippen LogP) is 5.06. The summed E-state index contributed by atoms with van der Waals surface area (Å²) >= 11 is 1.18. The lowest BCUT2D eigenvalue weighted by Gasteiger charge is -2.25. The lowest BCUT2D eigenvalue weighted by molar-refractivity contribution is -0.384. The molecule has 1 aliphatic rings. The topological polar surface area (TPSA) is 138 Å². The van der Waals surface area contributed by atoms with Gasteiger partial charge in [0.15, 0.2) is 4.80 Å². The summed E-state index contributed by atoms with van der Waals surface area (Å²) in [6, 6.07) is 23.2. The molecule has 226 valence electrons. The zero-order chi connectivity index (χ0) is 31.7. The van der Waals surface area contributed by atoms with E-state index in [1.54, 1.807) is 62.6 Å². The Morgan fingerprint density at radius 1 is 1.04 bits per heavy atom. The van der Waals surface area contributed by atoms with Gasteiger partial charge in [0.05, 0.1) is 52.6 Å². The van der Waals surface area contributed by atoms with Gasteiger partial charge < -0.3 is 19.2 Å². The smallest absolute Gasteiger partial charge is 0.273 e. The molecule has 2 aromatic heterocycles. The van der Waals surface area contributed by atoms with Gasteiger partial charge in [-0.15, -0.1) is 0 Å². The van der Waals surface area contributed by atoms with Crippen LogP contribution in [0.25, 0.3) is 17.4 Å². The quantitative estimate of drug-likeness (QED) is 0.189. The molecule has 0 saturated heterocycles. The second-order valence-corrected chi connectivity index (χ2v) is 11.0. The van der Waals surface area contributed by atoms with Crippen LogP contribution in [0.2, 0.25) is 0 Å². The van der Waals surface area contributed by atoms with Gasteiger partial charge in [0.1, 0.15) is 23.0 Å². The third-order valence-corrected chi connectivity index (χ3v) is 8.27. The van der Waals surface area contributed by atoms with E-state index in [4.69, 9.17) is 13.9 Å². The average molecular weight is 623 g/mol. The highest BCUT2D eigenvalue weighted by Gasteiger charge is 2.32. The Kier molecular flexibility index (Phi) is 7.88. The number of allylic oxidation sites excluding steroid dienone is 1. The van der Waals surface area contributed by atoms with Gasteiger partial charge in [0.25, 0.3) is 17.2 Å². The van der Waals surface area contributed by atoms with Crippen molar-refractivity contribution in [2.24, 2.45) is 4.99 Å². The summed E-state index contributed by atoms with van der Waals surface area (Å²) in [5.74, 6) is 1.34. The summed E-state index contributed by atoms with van der Waals surface area (Å²) in [5.41, 5.74) is 2.23. The molecule has 1 N–H and O–H groups in total. The minimum Gasteiger partial charge on any atom is -0.497 e. The number of furan rings is 1. The fourth-order valence-corrected chi connectivity index (χ4v) is 6.16. The molecule has 3 heterocycles. The Morgan fingerprint density at radius 2 is 1.80 bits per heavy atom. The third-order valence-electron chi connectivity index (χ3n) is 7.29. The number of hydrogen-bond acceptors (Lipinski definition) is 9. The van der Waals surface area contributed by atoms with Crippen molar-refractivity contribution >= 4 is 34.7 Å². The van der Waals surface area contributed by atoms with E-state index in [0.29, 0.717) is 54.7 Å². The van der Waals surface area contributed by atoms with Crippen molar-refractivity contribution < 1.29 is 23.6 Å². The Labute approximate surface area is 260 Å². The van der Waals surface area contributed by atoms with Crippen molar-refractivity contribution in [2.45, 2.75) is 13.0 Å². The van der Waals surface area contributed by atoms with Crippen molar-refractivity contribution in [3.05, 3.63) is 137 Å². The molecule has 11 nitrogen and oxygen atoms in total. The van der Waals surface area contributed by atoms with Crippen LogP contribution in [0, 0.1) is 10.1 Å². The van der Waals surface area contributed by atoms with Crippen LogP contribution in [0.4, 0.5) is 11.4 Å². The van der Waals surface area contributed by atoms with Crippen LogP contribution in [0.1, 0.15) is 24.3 Å². The zero-order valence-corrected chi connectivity index (χ0v) is 25.2. The number of para-hydroxylation sites is 1. The van der Waals surface area contributed by atoms with Crippen molar-refractivity contribution in [1.82, 2.24) is 4.57 Å². The standard InChI is InChI=1S/C33H26N4O7S/c1-19-29(31(38)35-21-7-5-4-6-8-21)30(20-9-12-23(42-2)13-10-20)36-32(39)28(45-33(36)34-19)18-24-14-16-26(44-24)25-15-11-22(37(40)41)17-27(25)43-3/h4-18,30H,1-3H3,(H,35,38)/b28-18+/t30-/m0/s1. The van der Waals surface area contributed by atoms with Gasteiger partial charge in [0, 0.05) is 17.8 Å². The van der Waals surface area contributed by atoms with E-state index in [2.05, 4.69) is 10.3 Å². The number of carbonyl (C=O) groups excluding carboxylic acids is 1. The van der Waals surface area contributed by atoms with Gasteiger partial charge in [-0.25, -0.2) is 4.99 Å². The van der Waals surface area contributed by atoms with Crippen LogP contribution in [-0.4, -0.2) is 29.6 Å². The number of hydrogen-bond donors (Lipinski definition) is 1. The van der Waals surface area contributed by atoms with Crippen LogP contribution in [-0.2, 0) is 4.79 Å². The molecule has 0 saturated carbocycles. The molecule has 5 aromatic rings. The normalized spacial score (nSPS) is 14.5. The minimum atomic E-state index is -0.755. The third kappa shape index (κ3) is 5.66. The van der Waals surface area contributed by atoms with Crippen molar-refractivity contribution in [1.29, 1.82) is 0 Å². The molecular formula is C33H26N4O7S. The number of aromatic nitrogens is 1. The molecule has 0 radical (unpaired) electrons. The summed E-state index contributed by atoms with van der Waals surface area (Å²) in [6.45, 7) is 1.75. The highest BCUT2D eigenvalue weighted by atomic mass is 32.1. The van der Waals surface area contributed by atoms with E-state index < -0.39 is 11.0 Å². The van der Waals surface area contributed by atoms with E-state index in [-0.39, 0.29) is 22.9 Å². The first kappa shape index (κ1) is 29.3. The molecule has 6 rings (SSSR count). The van der Waals surface area contributed by atoms with E-state index in [1.807, 2.05) is 30.3 Å². The van der Waals surface area contributed by atoms with Gasteiger partial charge in [0.2, 0.25) is 0 Å². The summed E-state index contributed by atoms with van der Waals surface area (Å²) < 4.78 is 18.6. The van der Waals surface area contributed by atoms with E-state index in [1.165, 1.54) is 35.1 Å². The van der Waals surface area contributed by atoms with Crippen LogP contribution < -0.4 is 29.7 Å². The van der Waals surface area contributed by atoms with Crippen molar-refractivity contribution in [3.63, 3.8) is 0 Å². The highest BCUT2D eigenvalue weighted by molar-refractivity contribution is 7.07. The van der Waals surface area contributed by atoms with Crippen LogP contribution in [0.5, 0.6) is 11.5 Å². The summed E-state index contributed by atoms with van der Waals surface area (Å²) in [5, 5.41) is 14.1. The Balaban J connectivity index is 1.43. The zero-order valence-electron chi connectivity index (χ0n) is 24.3. The molecule has 0 fully saturated rings. The largest absolute Gasteiger partial charge is 0.497 e. The van der Waals surface area contributed by atoms with Gasteiger partial charge >= 0.3 is 0 Å². The minimum absolute atomic E-state index is 0.109. The first-order chi connectivity index (χ1) is 21.8. The number of nitro groups is 1. The number of nitrogens with one attached hydrogen (secondary N) is 1. The predicted molar refractivity (Wildman–Crippen MR) is 169 cm³/mol. The Bertz CT molecular complexity index is 2150. The second kappa shape index (κ2) is 12.1. The number of nitrogens with zero attached hydrogens (tertiary/aromatic N) is 3. The molecule has 0 unspecified atom stereocenters. The maximum atomic E-state index is 14.0. The fourth-order valence-electron chi connectivity index (χ4n) is 5.13. The first-order valence-corrected chi connectivity index (χ1v) is 14.5. The maximum absolute atomic E-state index is 14.0. The lowest BCUT2D eigenvalue weighted by atomic mass is 9.95. The van der Waals surface area contributed by atoms with Crippen molar-refractivity contribution in [3.8, 4) is 22.8 Å². The number of thiazole rings is 1. The number of fused-ring (bicyclic) bond motifs is 1. The number of nitro benzene ring substituents is 1. The number of anilines is 1. The molecular weight excluding hydrogens is 596 g/mol. The molecule has 0 aliphatic carbocycles. The second-order valence-electron chi connectivity index (χ2n) is 10.0. The number of ether oxygens (including phenoxy) is 2. The number of carbonyl (C=O) groups is 1. The maximum Gasteiger partial charge on any atom is 0.273 e. The molecule has 1 amide bonds. The summed E-state index contributed by atoms with van der Waals surface area (Å²) in [4.78, 5) is 43.5. The fraction of sp³-hybridized carbons (Fsp3) is 0.121. The van der Waals surface area contributed by atoms with Crippen LogP contribution >= 0.6 is 11.3 Å². The molecule has 12 heteroatoms. The van der Waals surface area contributed by atoms with Gasteiger partial charge in [-0.05, 0) is 55.0 Å². The molecule has 1 atom stereocenters. The Hall–Kier alpha value is -5.75. The SMILES string of the molecule is COc1ccc([C@H]2C(C(=O)Nc3ccccc3)=C(C)N=c3s/c(=C/c4ccc(-c5ccc([N+](=O)[O-])cc5OC)o4)c(=O)n32)cc1. The average Bonchev–Trinajstić information content (AvgIpc) is 3.64. The monoisotopic (exact) mass is 622 g/mol. The van der Waals surface area contributed by atoms with E-state index in [0.717, 1.165) is 0 Å². The molecule has 0 spiro atoms. The highest BCUT2D eigenvalue weighted by Crippen LogP contribution is 2.35. The van der Waals surface area contributed by atoms with Crippen LogP contribution in [0.3, 0.4) is 0 Å².